The Bertz CT molecular complexity index is 205. The minimum absolute atomic E-state index is 0.843. The van der Waals surface area contributed by atoms with Crippen molar-refractivity contribution >= 4 is 17.1 Å². The first-order valence-corrected chi connectivity index (χ1v) is 3.13. The Hall–Kier alpha value is -0.760. The number of thiocarbonyl (C=S) groups is 1. The molecule has 0 fully saturated rings. The van der Waals surface area contributed by atoms with E-state index in [1.165, 1.54) is 0 Å². The van der Waals surface area contributed by atoms with E-state index in [0.717, 1.165) is 10.6 Å². The molecule has 9 heavy (non-hydrogen) atoms. The van der Waals surface area contributed by atoms with E-state index in [-0.39, 0.29) is 0 Å². The van der Waals surface area contributed by atoms with Crippen LogP contribution in [0.2, 0.25) is 0 Å². The smallest absolute Gasteiger partial charge is 0.0766 e. The topological polar surface area (TPSA) is 12.9 Å². The van der Waals surface area contributed by atoms with Crippen LogP contribution in [0.4, 0.5) is 0 Å². The van der Waals surface area contributed by atoms with Gasteiger partial charge in [0, 0.05) is 11.1 Å². The molecule has 0 aromatic carbocycles. The molecule has 1 aromatic heterocycles. The van der Waals surface area contributed by atoms with Gasteiger partial charge in [0.2, 0.25) is 0 Å². The monoisotopic (exact) mass is 137 g/mol. The average molecular weight is 137 g/mol. The second kappa shape index (κ2) is 2.69. The molecule has 2 heteroatoms. The summed E-state index contributed by atoms with van der Waals surface area (Å²) in [6.45, 7) is 1.87. The van der Waals surface area contributed by atoms with E-state index in [0.29, 0.717) is 0 Å². The van der Waals surface area contributed by atoms with Crippen LogP contribution in [0.15, 0.2) is 24.4 Å². The van der Waals surface area contributed by atoms with E-state index >= 15 is 0 Å². The molecule has 0 amide bonds. The molecular weight excluding hydrogens is 130 g/mol. The molecule has 0 aliphatic carbocycles. The molecule has 1 aromatic rings. The fourth-order valence-electron chi connectivity index (χ4n) is 0.571. The third kappa shape index (κ3) is 1.57. The van der Waals surface area contributed by atoms with Crippen molar-refractivity contribution in [3.63, 3.8) is 0 Å². The summed E-state index contributed by atoms with van der Waals surface area (Å²) in [7, 11) is 0. The molecule has 1 heterocycles. The van der Waals surface area contributed by atoms with Gasteiger partial charge in [-0.15, -0.1) is 0 Å². The molecule has 0 spiro atoms. The summed E-state index contributed by atoms with van der Waals surface area (Å²) in [6, 6.07) is 5.71. The van der Waals surface area contributed by atoms with E-state index in [4.69, 9.17) is 12.2 Å². The van der Waals surface area contributed by atoms with Gasteiger partial charge >= 0.3 is 0 Å². The van der Waals surface area contributed by atoms with Crippen LogP contribution >= 0.6 is 12.2 Å². The molecule has 0 saturated carbocycles. The Kier molecular flexibility index (Phi) is 1.90. The quantitative estimate of drug-likeness (QED) is 0.432. The second-order valence-electron chi connectivity index (χ2n) is 1.77. The van der Waals surface area contributed by atoms with Crippen molar-refractivity contribution in [3.05, 3.63) is 30.1 Å². The lowest BCUT2D eigenvalue weighted by atomic mass is 10.3. The summed E-state index contributed by atoms with van der Waals surface area (Å²) in [6.07, 6.45) is 1.74. The Labute approximate surface area is 59.7 Å². The van der Waals surface area contributed by atoms with Crippen LogP contribution in [0.5, 0.6) is 0 Å². The zero-order valence-electron chi connectivity index (χ0n) is 5.16. The third-order valence-corrected chi connectivity index (χ3v) is 1.23. The van der Waals surface area contributed by atoms with Crippen molar-refractivity contribution < 1.29 is 0 Å². The van der Waals surface area contributed by atoms with Gasteiger partial charge in [-0.2, -0.15) is 0 Å². The van der Waals surface area contributed by atoms with E-state index in [1.807, 2.05) is 25.1 Å². The molecule has 0 radical (unpaired) electrons. The summed E-state index contributed by atoms with van der Waals surface area (Å²) in [5, 5.41) is 0. The molecule has 0 unspecified atom stereocenters. The van der Waals surface area contributed by atoms with Crippen LogP contribution in [-0.4, -0.2) is 9.85 Å². The minimum atomic E-state index is 0.843. The summed E-state index contributed by atoms with van der Waals surface area (Å²) >= 11 is 4.90. The van der Waals surface area contributed by atoms with Gasteiger partial charge in [-0.25, -0.2) is 0 Å². The maximum absolute atomic E-state index is 4.90. The maximum Gasteiger partial charge on any atom is 0.0766 e. The summed E-state index contributed by atoms with van der Waals surface area (Å²) < 4.78 is 0. The molecule has 0 aliphatic rings. The summed E-state index contributed by atoms with van der Waals surface area (Å²) in [5.74, 6) is 0. The van der Waals surface area contributed by atoms with Gasteiger partial charge in [-0.05, 0) is 19.1 Å². The van der Waals surface area contributed by atoms with Gasteiger partial charge in [0.25, 0.3) is 0 Å². The predicted octanol–water partition coefficient (Wildman–Crippen LogP) is 1.82. The van der Waals surface area contributed by atoms with Gasteiger partial charge in [-0.3, -0.25) is 4.98 Å². The molecule has 46 valence electrons. The van der Waals surface area contributed by atoms with Crippen molar-refractivity contribution in [2.24, 2.45) is 0 Å². The SMILES string of the molecule is CC(=S)c1ccccn1. The normalized spacial score (nSPS) is 9.00. The van der Waals surface area contributed by atoms with Crippen LogP contribution in [0.3, 0.4) is 0 Å². The number of rotatable bonds is 1. The minimum Gasteiger partial charge on any atom is -0.256 e. The molecule has 0 N–H and O–H groups in total. The molecule has 1 nitrogen and oxygen atoms in total. The van der Waals surface area contributed by atoms with Crippen molar-refractivity contribution in [1.29, 1.82) is 0 Å². The number of aromatic nitrogens is 1. The molecule has 1 rings (SSSR count). The Morgan fingerprint density at radius 2 is 2.33 bits per heavy atom. The lowest BCUT2D eigenvalue weighted by molar-refractivity contribution is 1.30. The van der Waals surface area contributed by atoms with Gasteiger partial charge < -0.3 is 0 Å². The zero-order valence-corrected chi connectivity index (χ0v) is 5.98. The highest BCUT2D eigenvalue weighted by atomic mass is 32.1. The Morgan fingerprint density at radius 3 is 2.67 bits per heavy atom. The zero-order chi connectivity index (χ0) is 6.69. The lowest BCUT2D eigenvalue weighted by Crippen LogP contribution is -1.91. The predicted molar refractivity (Wildman–Crippen MR) is 41.6 cm³/mol. The first-order valence-electron chi connectivity index (χ1n) is 2.72. The summed E-state index contributed by atoms with van der Waals surface area (Å²) in [4.78, 5) is 4.88. The van der Waals surface area contributed by atoms with Crippen molar-refractivity contribution in [1.82, 2.24) is 4.98 Å². The highest BCUT2D eigenvalue weighted by Crippen LogP contribution is 1.94. The maximum atomic E-state index is 4.90. The van der Waals surface area contributed by atoms with Crippen molar-refractivity contribution in [2.75, 3.05) is 0 Å². The second-order valence-corrected chi connectivity index (χ2v) is 2.38. The molecule has 0 atom stereocenters. The number of hydrogen-bond acceptors (Lipinski definition) is 2. The summed E-state index contributed by atoms with van der Waals surface area (Å²) in [5.41, 5.74) is 0.896. The number of nitrogens with zero attached hydrogens (tertiary/aromatic N) is 1. The Morgan fingerprint density at radius 1 is 1.56 bits per heavy atom. The van der Waals surface area contributed by atoms with E-state index < -0.39 is 0 Å². The van der Waals surface area contributed by atoms with E-state index in [9.17, 15) is 0 Å². The molecule has 0 aliphatic heterocycles. The number of hydrogen-bond donors (Lipinski definition) is 0. The van der Waals surface area contributed by atoms with Crippen LogP contribution in [0.25, 0.3) is 0 Å². The van der Waals surface area contributed by atoms with Crippen LogP contribution < -0.4 is 0 Å². The van der Waals surface area contributed by atoms with Crippen LogP contribution in [-0.2, 0) is 0 Å². The number of pyridine rings is 1. The van der Waals surface area contributed by atoms with Crippen LogP contribution in [0.1, 0.15) is 12.6 Å². The van der Waals surface area contributed by atoms with Gasteiger partial charge in [0.15, 0.2) is 0 Å². The van der Waals surface area contributed by atoms with Crippen LogP contribution in [0, 0.1) is 0 Å². The van der Waals surface area contributed by atoms with Gasteiger partial charge in [0.1, 0.15) is 0 Å². The third-order valence-electron chi connectivity index (χ3n) is 1.03. The van der Waals surface area contributed by atoms with E-state index in [1.54, 1.807) is 6.20 Å². The molecule has 0 bridgehead atoms. The van der Waals surface area contributed by atoms with Crippen molar-refractivity contribution in [2.45, 2.75) is 6.92 Å². The highest BCUT2D eigenvalue weighted by molar-refractivity contribution is 7.80. The van der Waals surface area contributed by atoms with E-state index in [2.05, 4.69) is 4.98 Å². The highest BCUT2D eigenvalue weighted by Gasteiger charge is 1.90. The lowest BCUT2D eigenvalue weighted by Gasteiger charge is -1.91. The first-order chi connectivity index (χ1) is 4.30. The fourth-order valence-corrected chi connectivity index (χ4v) is 0.692. The molecular formula is C7H7NS. The standard InChI is InChI=1S/C7H7NS/c1-6(9)7-4-2-3-5-8-7/h2-5H,1H3. The Balaban J connectivity index is 2.98. The fraction of sp³-hybridized carbons (Fsp3) is 0.143. The van der Waals surface area contributed by atoms with Crippen molar-refractivity contribution in [3.8, 4) is 0 Å². The molecule has 0 saturated heterocycles. The first kappa shape index (κ1) is 6.36. The van der Waals surface area contributed by atoms with Gasteiger partial charge in [0.05, 0.1) is 5.69 Å². The largest absolute Gasteiger partial charge is 0.256 e. The average Bonchev–Trinajstić information content (AvgIpc) is 1.90. The van der Waals surface area contributed by atoms with Gasteiger partial charge in [-0.1, -0.05) is 18.3 Å².